The lowest BCUT2D eigenvalue weighted by atomic mass is 9.97. The van der Waals surface area contributed by atoms with E-state index in [2.05, 4.69) is 10.4 Å². The summed E-state index contributed by atoms with van der Waals surface area (Å²) in [5, 5.41) is 15.0. The van der Waals surface area contributed by atoms with Crippen molar-refractivity contribution in [1.82, 2.24) is 5.32 Å². The minimum atomic E-state index is -1.10. The number of ketones is 1. The van der Waals surface area contributed by atoms with Crippen molar-refractivity contribution in [3.05, 3.63) is 95.1 Å². The molecule has 0 fully saturated rings. The Morgan fingerprint density at radius 1 is 0.944 bits per heavy atom. The number of aliphatic carboxylic acids is 1. The number of methoxy groups -OCH3 is 1. The van der Waals surface area contributed by atoms with E-state index in [0.29, 0.717) is 22.6 Å². The molecule has 0 heterocycles. The van der Waals surface area contributed by atoms with Crippen LogP contribution in [0.5, 0.6) is 11.5 Å². The molecule has 1 atom stereocenters. The van der Waals surface area contributed by atoms with Crippen molar-refractivity contribution in [2.24, 2.45) is 10.9 Å². The summed E-state index contributed by atoms with van der Waals surface area (Å²) in [5.41, 5.74) is 2.30. The number of hydrazone groups is 1. The fourth-order valence-electron chi connectivity index (χ4n) is 3.32. The Morgan fingerprint density at radius 2 is 1.53 bits per heavy atom. The Kier molecular flexibility index (Phi) is 10.5. The Labute approximate surface area is 214 Å². The van der Waals surface area contributed by atoms with Gasteiger partial charge in [-0.25, -0.2) is 4.79 Å². The van der Waals surface area contributed by atoms with E-state index in [0.717, 1.165) is 11.1 Å². The number of amides is 1. The summed E-state index contributed by atoms with van der Waals surface area (Å²) in [6.07, 6.45) is 1.71. The summed E-state index contributed by atoms with van der Waals surface area (Å²) in [7, 11) is 1.57. The number of benzene rings is 3. The quantitative estimate of drug-likeness (QED) is 0.155. The molecular weight excluding hydrogens is 486 g/mol. The molecule has 3 aromatic carbocycles. The molecule has 0 unspecified atom stereocenters. The van der Waals surface area contributed by atoms with Crippen molar-refractivity contribution in [2.75, 3.05) is 13.7 Å². The zero-order valence-corrected chi connectivity index (χ0v) is 20.2. The van der Waals surface area contributed by atoms with Gasteiger partial charge in [0.15, 0.2) is 12.4 Å². The maximum atomic E-state index is 13.4. The first kappa shape index (κ1) is 27.9. The number of halogens is 1. The first-order valence-corrected chi connectivity index (χ1v) is 10.7. The molecule has 10 heteroatoms. The molecule has 0 aromatic heterocycles. The minimum absolute atomic E-state index is 0. The van der Waals surface area contributed by atoms with Gasteiger partial charge < -0.3 is 25.7 Å². The summed E-state index contributed by atoms with van der Waals surface area (Å²) >= 11 is 0. The van der Waals surface area contributed by atoms with E-state index in [1.165, 1.54) is 30.5 Å². The molecule has 1 amide bonds. The van der Waals surface area contributed by atoms with Crippen molar-refractivity contribution in [3.8, 4) is 11.5 Å². The van der Waals surface area contributed by atoms with Crippen LogP contribution in [0, 0.1) is 0 Å². The monoisotopic (exact) mass is 511 g/mol. The smallest absolute Gasteiger partial charge is 0.341 e. The van der Waals surface area contributed by atoms with E-state index in [9.17, 15) is 14.4 Å². The van der Waals surface area contributed by atoms with Gasteiger partial charge in [-0.3, -0.25) is 9.59 Å². The van der Waals surface area contributed by atoms with Gasteiger partial charge in [-0.05, 0) is 59.7 Å². The van der Waals surface area contributed by atoms with Gasteiger partial charge in [-0.1, -0.05) is 24.3 Å². The molecular formula is C26H26ClN3O6. The van der Waals surface area contributed by atoms with Gasteiger partial charge >= 0.3 is 5.97 Å². The van der Waals surface area contributed by atoms with Gasteiger partial charge in [-0.15, -0.1) is 12.4 Å². The number of nitrogens with two attached hydrogens (primary N) is 1. The van der Waals surface area contributed by atoms with Gasteiger partial charge in [-0.2, -0.15) is 5.10 Å². The van der Waals surface area contributed by atoms with E-state index >= 15 is 0 Å². The van der Waals surface area contributed by atoms with Crippen LogP contribution >= 0.6 is 12.4 Å². The Hall–Kier alpha value is -4.37. The number of carboxylic acids is 1. The summed E-state index contributed by atoms with van der Waals surface area (Å²) in [6.45, 7) is -0.487. The average Bonchev–Trinajstić information content (AvgIpc) is 2.88. The fraction of sp³-hybridized carbons (Fsp3) is 0.154. The number of ether oxygens (including phenoxy) is 2. The van der Waals surface area contributed by atoms with E-state index in [-0.39, 0.29) is 24.6 Å². The summed E-state index contributed by atoms with van der Waals surface area (Å²) in [6, 6.07) is 19.1. The Morgan fingerprint density at radius 3 is 2.08 bits per heavy atom. The van der Waals surface area contributed by atoms with Crippen LogP contribution in [0.3, 0.4) is 0 Å². The summed E-state index contributed by atoms with van der Waals surface area (Å²) in [5.74, 6) is 4.35. The van der Waals surface area contributed by atoms with Gasteiger partial charge in [0, 0.05) is 17.5 Å². The molecule has 9 nitrogen and oxygen atoms in total. The molecule has 0 spiro atoms. The lowest BCUT2D eigenvalue weighted by Crippen LogP contribution is -2.42. The SMILES string of the molecule is COc1ccc(C[C@H](NC(=O)c2ccc(C=NN)cc2)C(=O)c2ccc(OCC(=O)O)cc2)cc1.Cl. The molecule has 0 aliphatic rings. The van der Waals surface area contributed by atoms with Gasteiger partial charge in [0.2, 0.25) is 0 Å². The number of carbonyl (C=O) groups excluding carboxylic acids is 2. The highest BCUT2D eigenvalue weighted by Crippen LogP contribution is 2.17. The van der Waals surface area contributed by atoms with Crippen LogP contribution in [0.2, 0.25) is 0 Å². The van der Waals surface area contributed by atoms with Crippen molar-refractivity contribution >= 4 is 36.3 Å². The van der Waals surface area contributed by atoms with E-state index in [4.69, 9.17) is 20.4 Å². The van der Waals surface area contributed by atoms with Crippen LogP contribution < -0.4 is 20.6 Å². The summed E-state index contributed by atoms with van der Waals surface area (Å²) in [4.78, 5) is 37.0. The van der Waals surface area contributed by atoms with E-state index in [1.807, 2.05) is 12.1 Å². The third kappa shape index (κ3) is 7.85. The lowest BCUT2D eigenvalue weighted by Gasteiger charge is -2.19. The number of hydrogen-bond donors (Lipinski definition) is 3. The van der Waals surface area contributed by atoms with Gasteiger partial charge in [0.1, 0.15) is 11.5 Å². The highest BCUT2D eigenvalue weighted by atomic mass is 35.5. The molecule has 0 saturated heterocycles. The molecule has 0 radical (unpaired) electrons. The van der Waals surface area contributed by atoms with Crippen molar-refractivity contribution in [3.63, 3.8) is 0 Å². The second kappa shape index (κ2) is 13.5. The second-order valence-corrected chi connectivity index (χ2v) is 7.55. The highest BCUT2D eigenvalue weighted by Gasteiger charge is 2.23. The minimum Gasteiger partial charge on any atom is -0.497 e. The van der Waals surface area contributed by atoms with Crippen molar-refractivity contribution in [2.45, 2.75) is 12.5 Å². The summed E-state index contributed by atoms with van der Waals surface area (Å²) < 4.78 is 10.3. The molecule has 188 valence electrons. The van der Waals surface area contributed by atoms with Crippen LogP contribution in [-0.4, -0.2) is 48.7 Å². The van der Waals surface area contributed by atoms with E-state index in [1.54, 1.807) is 43.5 Å². The molecule has 0 aliphatic heterocycles. The molecule has 3 aromatic rings. The lowest BCUT2D eigenvalue weighted by molar-refractivity contribution is -0.139. The number of nitrogens with one attached hydrogen (secondary N) is 1. The largest absolute Gasteiger partial charge is 0.497 e. The standard InChI is InChI=1S/C26H25N3O6.ClH/c1-34-21-10-4-17(5-11-21)14-23(29-26(33)20-6-2-18(3-7-20)15-28-27)25(32)19-8-12-22(13-9-19)35-16-24(30)31;/h2-13,15,23H,14,16,27H2,1H3,(H,29,33)(H,30,31);1H/t23-;/m0./s1. The molecule has 3 rings (SSSR count). The van der Waals surface area contributed by atoms with Crippen LogP contribution in [0.25, 0.3) is 0 Å². The zero-order valence-electron chi connectivity index (χ0n) is 19.4. The normalized spacial score (nSPS) is 11.2. The maximum Gasteiger partial charge on any atom is 0.341 e. The Balaban J connectivity index is 0.00000456. The number of rotatable bonds is 11. The molecule has 0 saturated carbocycles. The van der Waals surface area contributed by atoms with Crippen LogP contribution in [-0.2, 0) is 11.2 Å². The number of hydrogen-bond acceptors (Lipinski definition) is 7. The molecule has 0 aliphatic carbocycles. The highest BCUT2D eigenvalue weighted by molar-refractivity contribution is 6.04. The zero-order chi connectivity index (χ0) is 25.2. The predicted molar refractivity (Wildman–Crippen MR) is 137 cm³/mol. The van der Waals surface area contributed by atoms with Crippen LogP contribution in [0.1, 0.15) is 31.8 Å². The first-order chi connectivity index (χ1) is 16.9. The van der Waals surface area contributed by atoms with Crippen LogP contribution in [0.4, 0.5) is 0 Å². The Bertz CT molecular complexity index is 1200. The molecule has 0 bridgehead atoms. The molecule has 36 heavy (non-hydrogen) atoms. The van der Waals surface area contributed by atoms with Crippen molar-refractivity contribution < 1.29 is 29.0 Å². The van der Waals surface area contributed by atoms with Crippen molar-refractivity contribution in [1.29, 1.82) is 0 Å². The first-order valence-electron chi connectivity index (χ1n) is 10.7. The number of nitrogens with zero attached hydrogens (tertiary/aromatic N) is 1. The van der Waals surface area contributed by atoms with Gasteiger partial charge in [0.05, 0.1) is 19.4 Å². The predicted octanol–water partition coefficient (Wildman–Crippen LogP) is 3.10. The average molecular weight is 512 g/mol. The van der Waals surface area contributed by atoms with Gasteiger partial charge in [0.25, 0.3) is 5.91 Å². The number of carboxylic acid groups (broad SMARTS) is 1. The maximum absolute atomic E-state index is 13.4. The molecule has 4 N–H and O–H groups in total. The third-order valence-electron chi connectivity index (χ3n) is 5.12. The topological polar surface area (TPSA) is 140 Å². The third-order valence-corrected chi connectivity index (χ3v) is 5.12. The fourth-order valence-corrected chi connectivity index (χ4v) is 3.32. The van der Waals surface area contributed by atoms with E-state index < -0.39 is 24.5 Å². The second-order valence-electron chi connectivity index (χ2n) is 7.55. The number of Topliss-reactive ketones (excluding diaryl/α,β-unsaturated/α-hetero) is 1. The number of carbonyl (C=O) groups is 3. The van der Waals surface area contributed by atoms with Crippen LogP contribution in [0.15, 0.2) is 77.9 Å².